The van der Waals surface area contributed by atoms with Crippen LogP contribution in [0.15, 0.2) is 59.7 Å². The van der Waals surface area contributed by atoms with Gasteiger partial charge in [-0.2, -0.15) is 10.2 Å². The molecule has 0 saturated carbocycles. The molecule has 7 heteroatoms. The van der Waals surface area contributed by atoms with Gasteiger partial charge in [-0.15, -0.1) is 0 Å². The molecule has 0 unspecified atom stereocenters. The Morgan fingerprint density at radius 2 is 1.85 bits per heavy atom. The van der Waals surface area contributed by atoms with Crippen LogP contribution in [-0.2, 0) is 0 Å². The van der Waals surface area contributed by atoms with Gasteiger partial charge < -0.3 is 9.47 Å². The molecule has 2 aromatic carbocycles. The second-order valence-corrected chi connectivity index (χ2v) is 5.35. The molecular weight excluding hydrogens is 332 g/mol. The predicted octanol–water partition coefficient (Wildman–Crippen LogP) is 2.86. The van der Waals surface area contributed by atoms with Gasteiger partial charge in [-0.05, 0) is 29.8 Å². The van der Waals surface area contributed by atoms with E-state index < -0.39 is 0 Å². The number of hydrogen-bond donors (Lipinski definition) is 2. The Balaban J connectivity index is 1.71. The van der Waals surface area contributed by atoms with E-state index in [9.17, 15) is 4.79 Å². The Morgan fingerprint density at radius 1 is 1.08 bits per heavy atom. The Kier molecular flexibility index (Phi) is 5.28. The summed E-state index contributed by atoms with van der Waals surface area (Å²) < 4.78 is 10.5. The van der Waals surface area contributed by atoms with Gasteiger partial charge >= 0.3 is 0 Å². The van der Waals surface area contributed by atoms with Crippen molar-refractivity contribution in [1.29, 1.82) is 0 Å². The third-order valence-corrected chi connectivity index (χ3v) is 3.68. The standard InChI is InChI=1S/C19H18N4O3/c1-25-17-9-8-14(10-18(17)26-2)15-11-16(22-21-15)19(24)23-20-12-13-6-4-3-5-7-13/h3-12H,1-2H3,(H,21,22)(H,23,24)/b20-12+. The summed E-state index contributed by atoms with van der Waals surface area (Å²) in [5.74, 6) is 0.836. The molecule has 26 heavy (non-hydrogen) atoms. The molecule has 3 aromatic rings. The van der Waals surface area contributed by atoms with Gasteiger partial charge in [-0.25, -0.2) is 5.43 Å². The third-order valence-electron chi connectivity index (χ3n) is 3.68. The molecular formula is C19H18N4O3. The lowest BCUT2D eigenvalue weighted by Crippen LogP contribution is -2.17. The number of carbonyl (C=O) groups excluding carboxylic acids is 1. The van der Waals surface area contributed by atoms with E-state index in [0.717, 1.165) is 11.1 Å². The first-order valence-electron chi connectivity index (χ1n) is 7.87. The number of nitrogens with one attached hydrogen (secondary N) is 2. The number of amides is 1. The minimum atomic E-state index is -0.378. The van der Waals surface area contributed by atoms with Gasteiger partial charge in [0.1, 0.15) is 5.69 Å². The van der Waals surface area contributed by atoms with E-state index >= 15 is 0 Å². The van der Waals surface area contributed by atoms with E-state index in [1.807, 2.05) is 36.4 Å². The highest BCUT2D eigenvalue weighted by molar-refractivity contribution is 5.94. The average molecular weight is 350 g/mol. The number of ether oxygens (including phenoxy) is 2. The van der Waals surface area contributed by atoms with Crippen LogP contribution in [-0.4, -0.2) is 36.5 Å². The molecule has 0 spiro atoms. The Hall–Kier alpha value is -3.61. The molecule has 0 aliphatic heterocycles. The van der Waals surface area contributed by atoms with Crippen LogP contribution < -0.4 is 14.9 Å². The number of H-pyrrole nitrogens is 1. The number of hydrogen-bond acceptors (Lipinski definition) is 5. The minimum Gasteiger partial charge on any atom is -0.493 e. The van der Waals surface area contributed by atoms with Crippen LogP contribution in [0, 0.1) is 0 Å². The van der Waals surface area contributed by atoms with E-state index in [1.54, 1.807) is 38.6 Å². The lowest BCUT2D eigenvalue weighted by atomic mass is 10.1. The van der Waals surface area contributed by atoms with Crippen LogP contribution in [0.1, 0.15) is 16.1 Å². The topological polar surface area (TPSA) is 88.6 Å². The molecule has 1 amide bonds. The SMILES string of the molecule is COc1ccc(-c2cc(C(=O)N/N=C/c3ccccc3)[nH]n2)cc1OC. The number of methoxy groups -OCH3 is 2. The van der Waals surface area contributed by atoms with E-state index in [0.29, 0.717) is 22.9 Å². The maximum atomic E-state index is 12.2. The molecule has 0 atom stereocenters. The summed E-state index contributed by atoms with van der Waals surface area (Å²) in [4.78, 5) is 12.2. The van der Waals surface area contributed by atoms with Gasteiger partial charge in [0.05, 0.1) is 26.1 Å². The van der Waals surface area contributed by atoms with Gasteiger partial charge in [-0.3, -0.25) is 9.89 Å². The lowest BCUT2D eigenvalue weighted by molar-refractivity contribution is 0.0950. The van der Waals surface area contributed by atoms with Crippen molar-refractivity contribution in [3.05, 3.63) is 65.9 Å². The second-order valence-electron chi connectivity index (χ2n) is 5.35. The Morgan fingerprint density at radius 3 is 2.58 bits per heavy atom. The molecule has 3 rings (SSSR count). The molecule has 7 nitrogen and oxygen atoms in total. The van der Waals surface area contributed by atoms with Crippen LogP contribution in [0.2, 0.25) is 0 Å². The van der Waals surface area contributed by atoms with Crippen LogP contribution in [0.5, 0.6) is 11.5 Å². The van der Waals surface area contributed by atoms with Crippen LogP contribution >= 0.6 is 0 Å². The first-order valence-corrected chi connectivity index (χ1v) is 7.87. The fourth-order valence-electron chi connectivity index (χ4n) is 2.35. The zero-order valence-corrected chi connectivity index (χ0v) is 14.4. The van der Waals surface area contributed by atoms with Crippen molar-refractivity contribution in [2.45, 2.75) is 0 Å². The van der Waals surface area contributed by atoms with Gasteiger partial charge in [0.15, 0.2) is 11.5 Å². The number of nitrogens with zero attached hydrogens (tertiary/aromatic N) is 2. The monoisotopic (exact) mass is 350 g/mol. The fraction of sp³-hybridized carbons (Fsp3) is 0.105. The summed E-state index contributed by atoms with van der Waals surface area (Å²) >= 11 is 0. The molecule has 0 fully saturated rings. The summed E-state index contributed by atoms with van der Waals surface area (Å²) in [5, 5.41) is 10.8. The van der Waals surface area contributed by atoms with E-state index in [-0.39, 0.29) is 5.91 Å². The molecule has 0 saturated heterocycles. The predicted molar refractivity (Wildman–Crippen MR) is 98.6 cm³/mol. The van der Waals surface area contributed by atoms with E-state index in [4.69, 9.17) is 9.47 Å². The molecule has 1 heterocycles. The van der Waals surface area contributed by atoms with Crippen molar-refractivity contribution in [1.82, 2.24) is 15.6 Å². The van der Waals surface area contributed by atoms with Crippen molar-refractivity contribution >= 4 is 12.1 Å². The lowest BCUT2D eigenvalue weighted by Gasteiger charge is -2.08. The minimum absolute atomic E-state index is 0.306. The molecule has 0 radical (unpaired) electrons. The number of rotatable bonds is 6. The maximum absolute atomic E-state index is 12.2. The highest BCUT2D eigenvalue weighted by atomic mass is 16.5. The smallest absolute Gasteiger partial charge is 0.289 e. The van der Waals surface area contributed by atoms with Crippen LogP contribution in [0.25, 0.3) is 11.3 Å². The average Bonchev–Trinajstić information content (AvgIpc) is 3.18. The van der Waals surface area contributed by atoms with Gasteiger partial charge in [0, 0.05) is 5.56 Å². The van der Waals surface area contributed by atoms with Crippen molar-refractivity contribution in [2.24, 2.45) is 5.10 Å². The highest BCUT2D eigenvalue weighted by Crippen LogP contribution is 2.31. The molecule has 0 aliphatic rings. The van der Waals surface area contributed by atoms with Gasteiger partial charge in [0.2, 0.25) is 0 Å². The first kappa shape index (κ1) is 17.2. The van der Waals surface area contributed by atoms with Crippen molar-refractivity contribution in [3.63, 3.8) is 0 Å². The summed E-state index contributed by atoms with van der Waals surface area (Å²) in [5.41, 5.74) is 5.08. The number of hydrazone groups is 1. The number of benzene rings is 2. The van der Waals surface area contributed by atoms with E-state index in [2.05, 4.69) is 20.7 Å². The van der Waals surface area contributed by atoms with Gasteiger partial charge in [0.25, 0.3) is 5.91 Å². The summed E-state index contributed by atoms with van der Waals surface area (Å²) in [6.45, 7) is 0. The zero-order chi connectivity index (χ0) is 18.4. The molecule has 132 valence electrons. The Bertz CT molecular complexity index is 920. The van der Waals surface area contributed by atoms with Crippen molar-refractivity contribution < 1.29 is 14.3 Å². The van der Waals surface area contributed by atoms with Crippen LogP contribution in [0.3, 0.4) is 0 Å². The number of carbonyl (C=O) groups is 1. The maximum Gasteiger partial charge on any atom is 0.289 e. The molecule has 0 bridgehead atoms. The molecule has 1 aromatic heterocycles. The molecule has 0 aliphatic carbocycles. The first-order chi connectivity index (χ1) is 12.7. The van der Waals surface area contributed by atoms with Crippen LogP contribution in [0.4, 0.5) is 0 Å². The summed E-state index contributed by atoms with van der Waals surface area (Å²) in [6.07, 6.45) is 1.57. The normalized spacial score (nSPS) is 10.7. The number of aromatic nitrogens is 2. The number of aromatic amines is 1. The zero-order valence-electron chi connectivity index (χ0n) is 14.4. The highest BCUT2D eigenvalue weighted by Gasteiger charge is 2.12. The van der Waals surface area contributed by atoms with Gasteiger partial charge in [-0.1, -0.05) is 30.3 Å². The van der Waals surface area contributed by atoms with E-state index in [1.165, 1.54) is 0 Å². The fourth-order valence-corrected chi connectivity index (χ4v) is 2.35. The molecule has 2 N–H and O–H groups in total. The third kappa shape index (κ3) is 3.89. The van der Waals surface area contributed by atoms with Crippen molar-refractivity contribution in [2.75, 3.05) is 14.2 Å². The second kappa shape index (κ2) is 7.98. The summed E-state index contributed by atoms with van der Waals surface area (Å²) in [7, 11) is 3.14. The quantitative estimate of drug-likeness (QED) is 0.528. The Labute approximate surface area is 150 Å². The summed E-state index contributed by atoms with van der Waals surface area (Å²) in [6, 6.07) is 16.6. The largest absolute Gasteiger partial charge is 0.493 e. The van der Waals surface area contributed by atoms with Crippen molar-refractivity contribution in [3.8, 4) is 22.8 Å².